The molecule has 0 aliphatic carbocycles. The first-order valence-corrected chi connectivity index (χ1v) is 7.58. The molecule has 23 heavy (non-hydrogen) atoms. The van der Waals surface area contributed by atoms with E-state index in [4.69, 9.17) is 11.6 Å². The summed E-state index contributed by atoms with van der Waals surface area (Å²) in [5.41, 5.74) is 1.74. The Morgan fingerprint density at radius 1 is 1.09 bits per heavy atom. The summed E-state index contributed by atoms with van der Waals surface area (Å²) in [5, 5.41) is 7.72. The molecule has 0 unspecified atom stereocenters. The number of aromatic nitrogens is 3. The molecule has 116 valence electrons. The van der Waals surface area contributed by atoms with Crippen LogP contribution >= 0.6 is 11.6 Å². The Balaban J connectivity index is 1.58. The van der Waals surface area contributed by atoms with Crippen LogP contribution in [0.25, 0.3) is 0 Å². The summed E-state index contributed by atoms with van der Waals surface area (Å²) in [6.45, 7) is 0.737. The number of carbonyl (C=O) groups is 1. The molecule has 2 heterocycles. The molecule has 1 aromatic carbocycles. The molecule has 3 rings (SSSR count). The SMILES string of the molecule is O=C(Nc1ccn(CCc2ccncc2)n1)c1ccc(Cl)cc1. The number of carbonyl (C=O) groups excluding carboxylic acids is 1. The van der Waals surface area contributed by atoms with Gasteiger partial charge in [0.05, 0.1) is 0 Å². The van der Waals surface area contributed by atoms with Crippen molar-refractivity contribution in [3.63, 3.8) is 0 Å². The molecule has 5 nitrogen and oxygen atoms in total. The number of hydrogen-bond donors (Lipinski definition) is 1. The highest BCUT2D eigenvalue weighted by Gasteiger charge is 2.08. The number of nitrogens with zero attached hydrogens (tertiary/aromatic N) is 3. The Morgan fingerprint density at radius 2 is 1.83 bits per heavy atom. The minimum absolute atomic E-state index is 0.207. The average molecular weight is 327 g/mol. The molecule has 0 fully saturated rings. The maximum Gasteiger partial charge on any atom is 0.256 e. The van der Waals surface area contributed by atoms with E-state index in [0.29, 0.717) is 16.4 Å². The smallest absolute Gasteiger partial charge is 0.256 e. The van der Waals surface area contributed by atoms with Gasteiger partial charge >= 0.3 is 0 Å². The number of pyridine rings is 1. The Labute approximate surface area is 138 Å². The van der Waals surface area contributed by atoms with E-state index in [-0.39, 0.29) is 5.91 Å². The lowest BCUT2D eigenvalue weighted by Gasteiger charge is -2.03. The average Bonchev–Trinajstić information content (AvgIpc) is 3.02. The molecule has 0 spiro atoms. The third-order valence-corrected chi connectivity index (χ3v) is 3.62. The van der Waals surface area contributed by atoms with Crippen LogP contribution in [0.4, 0.5) is 5.82 Å². The van der Waals surface area contributed by atoms with Crippen LogP contribution in [-0.2, 0) is 13.0 Å². The fraction of sp³-hybridized carbons (Fsp3) is 0.118. The Kier molecular flexibility index (Phi) is 4.68. The molecule has 6 heteroatoms. The molecule has 0 saturated carbocycles. The van der Waals surface area contributed by atoms with E-state index in [2.05, 4.69) is 15.4 Å². The number of nitrogens with one attached hydrogen (secondary N) is 1. The highest BCUT2D eigenvalue weighted by atomic mass is 35.5. The molecule has 0 aliphatic rings. The first-order valence-electron chi connectivity index (χ1n) is 7.20. The molecule has 0 aliphatic heterocycles. The van der Waals surface area contributed by atoms with Crippen LogP contribution in [0.5, 0.6) is 0 Å². The van der Waals surface area contributed by atoms with Gasteiger partial charge in [-0.05, 0) is 48.4 Å². The van der Waals surface area contributed by atoms with Gasteiger partial charge in [0.1, 0.15) is 0 Å². The molecule has 0 radical (unpaired) electrons. The van der Waals surface area contributed by atoms with Crippen LogP contribution in [-0.4, -0.2) is 20.7 Å². The Morgan fingerprint density at radius 3 is 2.57 bits per heavy atom. The largest absolute Gasteiger partial charge is 0.305 e. The zero-order valence-electron chi connectivity index (χ0n) is 12.3. The molecule has 3 aromatic rings. The zero-order valence-corrected chi connectivity index (χ0v) is 13.1. The predicted molar refractivity (Wildman–Crippen MR) is 89.6 cm³/mol. The van der Waals surface area contributed by atoms with Crippen molar-refractivity contribution in [3.05, 3.63) is 77.2 Å². The lowest BCUT2D eigenvalue weighted by atomic mass is 10.2. The van der Waals surface area contributed by atoms with Crippen LogP contribution in [0.1, 0.15) is 15.9 Å². The minimum atomic E-state index is -0.207. The molecule has 1 N–H and O–H groups in total. The summed E-state index contributed by atoms with van der Waals surface area (Å²) in [4.78, 5) is 16.1. The summed E-state index contributed by atoms with van der Waals surface area (Å²) >= 11 is 5.81. The maximum atomic E-state index is 12.1. The van der Waals surface area contributed by atoms with E-state index in [9.17, 15) is 4.79 Å². The lowest BCUT2D eigenvalue weighted by molar-refractivity contribution is 0.102. The first-order chi connectivity index (χ1) is 11.2. The predicted octanol–water partition coefficient (Wildman–Crippen LogP) is 3.43. The number of benzene rings is 1. The second-order valence-corrected chi connectivity index (χ2v) is 5.47. The number of rotatable bonds is 5. The van der Waals surface area contributed by atoms with E-state index < -0.39 is 0 Å². The number of aryl methyl sites for hydroxylation is 2. The van der Waals surface area contributed by atoms with Crippen molar-refractivity contribution in [2.45, 2.75) is 13.0 Å². The van der Waals surface area contributed by atoms with Crippen LogP contribution in [0.15, 0.2) is 61.1 Å². The molecule has 0 bridgehead atoms. The van der Waals surface area contributed by atoms with Gasteiger partial charge in [-0.3, -0.25) is 14.5 Å². The van der Waals surface area contributed by atoms with E-state index >= 15 is 0 Å². The second-order valence-electron chi connectivity index (χ2n) is 5.03. The van der Waals surface area contributed by atoms with Gasteiger partial charge in [0.25, 0.3) is 5.91 Å². The monoisotopic (exact) mass is 326 g/mol. The van der Waals surface area contributed by atoms with Gasteiger partial charge in [0.15, 0.2) is 5.82 Å². The summed E-state index contributed by atoms with van der Waals surface area (Å²) in [5.74, 6) is 0.320. The molecular formula is C17H15ClN4O. The quantitative estimate of drug-likeness (QED) is 0.781. The highest BCUT2D eigenvalue weighted by Crippen LogP contribution is 2.12. The van der Waals surface area contributed by atoms with Crippen LogP contribution in [0, 0.1) is 0 Å². The lowest BCUT2D eigenvalue weighted by Crippen LogP contribution is -2.12. The Hall–Kier alpha value is -2.66. The van der Waals surface area contributed by atoms with Crippen molar-refractivity contribution < 1.29 is 4.79 Å². The summed E-state index contributed by atoms with van der Waals surface area (Å²) in [6, 6.07) is 12.5. The summed E-state index contributed by atoms with van der Waals surface area (Å²) in [7, 11) is 0. The maximum absolute atomic E-state index is 12.1. The van der Waals surface area contributed by atoms with Crippen LogP contribution < -0.4 is 5.32 Å². The third kappa shape index (κ3) is 4.17. The van der Waals surface area contributed by atoms with Crippen LogP contribution in [0.3, 0.4) is 0 Å². The number of anilines is 1. The normalized spacial score (nSPS) is 10.5. The van der Waals surface area contributed by atoms with Crippen LogP contribution in [0.2, 0.25) is 5.02 Å². The standard InChI is InChI=1S/C17H15ClN4O/c18-15-3-1-14(2-4-15)17(23)20-16-8-12-22(21-16)11-7-13-5-9-19-10-6-13/h1-6,8-10,12H,7,11H2,(H,20,21,23). The third-order valence-electron chi connectivity index (χ3n) is 3.37. The van der Waals surface area contributed by atoms with E-state index in [0.717, 1.165) is 13.0 Å². The van der Waals surface area contributed by atoms with Gasteiger partial charge < -0.3 is 5.32 Å². The molecule has 2 aromatic heterocycles. The molecular weight excluding hydrogens is 312 g/mol. The van der Waals surface area contributed by atoms with Gasteiger partial charge in [0.2, 0.25) is 0 Å². The number of hydrogen-bond acceptors (Lipinski definition) is 3. The Bertz CT molecular complexity index is 784. The van der Waals surface area contributed by atoms with Crippen molar-refractivity contribution in [3.8, 4) is 0 Å². The van der Waals surface area contributed by atoms with Crippen molar-refractivity contribution >= 4 is 23.3 Å². The summed E-state index contributed by atoms with van der Waals surface area (Å²) < 4.78 is 1.80. The highest BCUT2D eigenvalue weighted by molar-refractivity contribution is 6.30. The van der Waals surface area contributed by atoms with E-state index in [1.54, 1.807) is 47.4 Å². The number of halogens is 1. The van der Waals surface area contributed by atoms with Gasteiger partial charge in [-0.2, -0.15) is 5.10 Å². The van der Waals surface area contributed by atoms with E-state index in [1.807, 2.05) is 18.3 Å². The molecule has 1 amide bonds. The van der Waals surface area contributed by atoms with Crippen molar-refractivity contribution in [2.75, 3.05) is 5.32 Å². The van der Waals surface area contributed by atoms with Crippen molar-refractivity contribution in [2.24, 2.45) is 0 Å². The topological polar surface area (TPSA) is 59.8 Å². The number of amides is 1. The fourth-order valence-electron chi connectivity index (χ4n) is 2.14. The minimum Gasteiger partial charge on any atom is -0.305 e. The second kappa shape index (κ2) is 7.07. The van der Waals surface area contributed by atoms with Gasteiger partial charge in [-0.25, -0.2) is 0 Å². The van der Waals surface area contributed by atoms with Crippen molar-refractivity contribution in [1.82, 2.24) is 14.8 Å². The zero-order chi connectivity index (χ0) is 16.1. The van der Waals surface area contributed by atoms with Crippen molar-refractivity contribution in [1.29, 1.82) is 0 Å². The van der Waals surface area contributed by atoms with Gasteiger partial charge in [-0.1, -0.05) is 11.6 Å². The van der Waals surface area contributed by atoms with E-state index in [1.165, 1.54) is 5.56 Å². The fourth-order valence-corrected chi connectivity index (χ4v) is 2.26. The molecule has 0 atom stereocenters. The molecule has 0 saturated heterocycles. The van der Waals surface area contributed by atoms with Gasteiger partial charge in [-0.15, -0.1) is 0 Å². The first kappa shape index (κ1) is 15.2. The van der Waals surface area contributed by atoms with Gasteiger partial charge in [0, 0.05) is 41.8 Å². The summed E-state index contributed by atoms with van der Waals surface area (Å²) in [6.07, 6.45) is 6.25.